The smallest absolute Gasteiger partial charge is 0.128 e. The summed E-state index contributed by atoms with van der Waals surface area (Å²) in [6, 6.07) is 4.09. The maximum absolute atomic E-state index is 13.7. The number of hydrogen-bond donors (Lipinski definition) is 1. The molecule has 1 aromatic carbocycles. The standard InChI is InChI=1S/C12H11ClFN3/c1-15-12(11-7-16-4-5-17-11)9-6-8(13)2-3-10(9)14/h2-7,12,15H,1H3. The molecule has 1 N–H and O–H groups in total. The number of hydrogen-bond acceptors (Lipinski definition) is 3. The van der Waals surface area contributed by atoms with Gasteiger partial charge in [-0.05, 0) is 25.2 Å². The van der Waals surface area contributed by atoms with Crippen LogP contribution in [0.3, 0.4) is 0 Å². The topological polar surface area (TPSA) is 37.8 Å². The minimum atomic E-state index is -0.359. The molecule has 0 amide bonds. The highest BCUT2D eigenvalue weighted by atomic mass is 35.5. The lowest BCUT2D eigenvalue weighted by Gasteiger charge is -2.16. The maximum Gasteiger partial charge on any atom is 0.128 e. The summed E-state index contributed by atoms with van der Waals surface area (Å²) < 4.78 is 13.7. The zero-order valence-electron chi connectivity index (χ0n) is 9.19. The number of nitrogens with one attached hydrogen (secondary N) is 1. The first kappa shape index (κ1) is 12.0. The van der Waals surface area contributed by atoms with Gasteiger partial charge in [0.05, 0.1) is 17.9 Å². The Kier molecular flexibility index (Phi) is 3.66. The van der Waals surface area contributed by atoms with E-state index in [-0.39, 0.29) is 11.9 Å². The van der Waals surface area contributed by atoms with Gasteiger partial charge >= 0.3 is 0 Å². The zero-order valence-corrected chi connectivity index (χ0v) is 9.95. The van der Waals surface area contributed by atoms with Crippen molar-refractivity contribution in [3.63, 3.8) is 0 Å². The maximum atomic E-state index is 13.7. The van der Waals surface area contributed by atoms with Crippen LogP contribution in [0.2, 0.25) is 5.02 Å². The SMILES string of the molecule is CNC(c1cnccn1)c1cc(Cl)ccc1F. The van der Waals surface area contributed by atoms with Crippen LogP contribution in [-0.2, 0) is 0 Å². The summed E-state index contributed by atoms with van der Waals surface area (Å²) in [5.41, 5.74) is 1.11. The Morgan fingerprint density at radius 2 is 2.18 bits per heavy atom. The molecule has 1 unspecified atom stereocenters. The van der Waals surface area contributed by atoms with Gasteiger partial charge in [-0.2, -0.15) is 0 Å². The van der Waals surface area contributed by atoms with Crippen molar-refractivity contribution in [1.82, 2.24) is 15.3 Å². The van der Waals surface area contributed by atoms with E-state index in [1.165, 1.54) is 12.1 Å². The Hall–Kier alpha value is -1.52. The van der Waals surface area contributed by atoms with Gasteiger partial charge in [0.1, 0.15) is 5.82 Å². The van der Waals surface area contributed by atoms with Gasteiger partial charge in [-0.1, -0.05) is 11.6 Å². The van der Waals surface area contributed by atoms with Crippen LogP contribution in [-0.4, -0.2) is 17.0 Å². The highest BCUT2D eigenvalue weighted by molar-refractivity contribution is 6.30. The molecule has 2 aromatic rings. The molecule has 0 aliphatic rings. The van der Waals surface area contributed by atoms with E-state index in [1.54, 1.807) is 31.7 Å². The number of halogens is 2. The third kappa shape index (κ3) is 2.60. The second kappa shape index (κ2) is 5.21. The molecule has 88 valence electrons. The molecule has 1 aromatic heterocycles. The Bertz CT molecular complexity index is 504. The molecule has 0 radical (unpaired) electrons. The quantitative estimate of drug-likeness (QED) is 0.911. The Labute approximate surface area is 104 Å². The largest absolute Gasteiger partial charge is 0.308 e. The number of rotatable bonds is 3. The summed E-state index contributed by atoms with van der Waals surface area (Å²) in [6.07, 6.45) is 4.74. The fourth-order valence-electron chi connectivity index (χ4n) is 1.66. The van der Waals surface area contributed by atoms with Gasteiger partial charge in [-0.15, -0.1) is 0 Å². The van der Waals surface area contributed by atoms with Crippen LogP contribution in [0.4, 0.5) is 4.39 Å². The molecule has 0 saturated carbocycles. The fourth-order valence-corrected chi connectivity index (χ4v) is 1.84. The van der Waals surface area contributed by atoms with Gasteiger partial charge < -0.3 is 5.32 Å². The predicted molar refractivity (Wildman–Crippen MR) is 64.3 cm³/mol. The fraction of sp³-hybridized carbons (Fsp3) is 0.167. The van der Waals surface area contributed by atoms with Crippen molar-refractivity contribution in [1.29, 1.82) is 0 Å². The van der Waals surface area contributed by atoms with E-state index >= 15 is 0 Å². The monoisotopic (exact) mass is 251 g/mol. The molecular weight excluding hydrogens is 241 g/mol. The van der Waals surface area contributed by atoms with E-state index in [0.29, 0.717) is 16.3 Å². The Morgan fingerprint density at radius 1 is 1.35 bits per heavy atom. The molecule has 0 aliphatic heterocycles. The molecule has 1 heterocycles. The average molecular weight is 252 g/mol. The van der Waals surface area contributed by atoms with Crippen molar-refractivity contribution in [2.24, 2.45) is 0 Å². The summed E-state index contributed by atoms with van der Waals surface area (Å²) >= 11 is 5.87. The lowest BCUT2D eigenvalue weighted by atomic mass is 10.0. The summed E-state index contributed by atoms with van der Waals surface area (Å²) in [5, 5.41) is 3.49. The molecule has 3 nitrogen and oxygen atoms in total. The van der Waals surface area contributed by atoms with Crippen LogP contribution in [0, 0.1) is 5.82 Å². The van der Waals surface area contributed by atoms with Crippen molar-refractivity contribution in [3.8, 4) is 0 Å². The normalized spacial score (nSPS) is 12.4. The van der Waals surface area contributed by atoms with E-state index in [1.807, 2.05) is 0 Å². The van der Waals surface area contributed by atoms with E-state index < -0.39 is 0 Å². The molecule has 0 spiro atoms. The first-order valence-corrected chi connectivity index (χ1v) is 5.48. The molecule has 17 heavy (non-hydrogen) atoms. The summed E-state index contributed by atoms with van der Waals surface area (Å²) in [6.45, 7) is 0. The zero-order chi connectivity index (χ0) is 12.3. The van der Waals surface area contributed by atoms with Gasteiger partial charge in [-0.25, -0.2) is 4.39 Å². The Balaban J connectivity index is 2.46. The summed E-state index contributed by atoms with van der Waals surface area (Å²) in [4.78, 5) is 8.14. The molecule has 0 bridgehead atoms. The lowest BCUT2D eigenvalue weighted by Crippen LogP contribution is -2.20. The third-order valence-corrected chi connectivity index (χ3v) is 2.67. The summed E-state index contributed by atoms with van der Waals surface area (Å²) in [7, 11) is 1.74. The second-order valence-corrected chi connectivity index (χ2v) is 3.95. The molecule has 0 fully saturated rings. The number of benzene rings is 1. The molecule has 0 saturated heterocycles. The number of nitrogens with zero attached hydrogens (tertiary/aromatic N) is 2. The molecule has 1 atom stereocenters. The van der Waals surface area contributed by atoms with E-state index in [4.69, 9.17) is 11.6 Å². The van der Waals surface area contributed by atoms with Gasteiger partial charge in [0.25, 0.3) is 0 Å². The predicted octanol–water partition coefficient (Wildman–Crippen LogP) is 2.58. The van der Waals surface area contributed by atoms with Gasteiger partial charge in [0.2, 0.25) is 0 Å². The minimum Gasteiger partial charge on any atom is -0.308 e. The average Bonchev–Trinajstić information content (AvgIpc) is 2.36. The first-order chi connectivity index (χ1) is 8.22. The van der Waals surface area contributed by atoms with Crippen molar-refractivity contribution >= 4 is 11.6 Å². The van der Waals surface area contributed by atoms with Crippen molar-refractivity contribution in [2.45, 2.75) is 6.04 Å². The van der Waals surface area contributed by atoms with Crippen LogP contribution >= 0.6 is 11.6 Å². The van der Waals surface area contributed by atoms with Gasteiger partial charge in [0.15, 0.2) is 0 Å². The van der Waals surface area contributed by atoms with Crippen molar-refractivity contribution in [3.05, 3.63) is 58.9 Å². The highest BCUT2D eigenvalue weighted by Crippen LogP contribution is 2.25. The minimum absolute atomic E-state index is 0.320. The van der Waals surface area contributed by atoms with Crippen molar-refractivity contribution in [2.75, 3.05) is 7.05 Å². The molecule has 2 rings (SSSR count). The van der Waals surface area contributed by atoms with Crippen LogP contribution in [0.15, 0.2) is 36.8 Å². The summed E-state index contributed by atoms with van der Waals surface area (Å²) in [5.74, 6) is -0.320. The molecule has 0 aliphatic carbocycles. The van der Waals surface area contributed by atoms with E-state index in [9.17, 15) is 4.39 Å². The molecule has 5 heteroatoms. The van der Waals surface area contributed by atoms with Crippen LogP contribution in [0.25, 0.3) is 0 Å². The third-order valence-electron chi connectivity index (χ3n) is 2.44. The van der Waals surface area contributed by atoms with E-state index in [2.05, 4.69) is 15.3 Å². The van der Waals surface area contributed by atoms with Gasteiger partial charge in [-0.3, -0.25) is 9.97 Å². The van der Waals surface area contributed by atoms with E-state index in [0.717, 1.165) is 0 Å². The number of aromatic nitrogens is 2. The Morgan fingerprint density at radius 3 is 2.82 bits per heavy atom. The second-order valence-electron chi connectivity index (χ2n) is 3.52. The lowest BCUT2D eigenvalue weighted by molar-refractivity contribution is 0.569. The van der Waals surface area contributed by atoms with Crippen LogP contribution < -0.4 is 5.32 Å². The first-order valence-electron chi connectivity index (χ1n) is 5.10. The molecular formula is C12H11ClFN3. The van der Waals surface area contributed by atoms with Gasteiger partial charge in [0, 0.05) is 23.0 Å². The van der Waals surface area contributed by atoms with Crippen LogP contribution in [0.5, 0.6) is 0 Å². The van der Waals surface area contributed by atoms with Crippen LogP contribution in [0.1, 0.15) is 17.3 Å². The highest BCUT2D eigenvalue weighted by Gasteiger charge is 2.17. The van der Waals surface area contributed by atoms with Crippen molar-refractivity contribution < 1.29 is 4.39 Å².